The van der Waals surface area contributed by atoms with Crippen molar-refractivity contribution in [3.63, 3.8) is 0 Å². The largest absolute Gasteiger partial charge is 0.429 e. The minimum Gasteiger partial charge on any atom is -0.429 e. The van der Waals surface area contributed by atoms with E-state index in [1.165, 1.54) is 25.7 Å². The molecular weight excluding hydrogens is 356 g/mol. The van der Waals surface area contributed by atoms with E-state index in [9.17, 15) is 17.6 Å². The molecule has 0 spiro atoms. The van der Waals surface area contributed by atoms with E-state index >= 15 is 0 Å². The Balaban J connectivity index is 0. The zero-order valence-electron chi connectivity index (χ0n) is 14.6. The molecule has 0 atom stereocenters. The Bertz CT molecular complexity index is 561. The lowest BCUT2D eigenvalue weighted by molar-refractivity contribution is -0.0546. The number of benzene rings is 1. The standard InChI is InChI=1S/C20H26F4O.2CH4.2H2/c1-12-2-4-13(5-3-12)14-6-8-15(9-7-14)16-10-17(21)19(18(22)11-16)25-20(23)24;;;;/h10-15,20H,2-9H2,1H3;2*1H4;2*1H. The van der Waals surface area contributed by atoms with Gasteiger partial charge in [0.15, 0.2) is 17.4 Å². The molecule has 0 unspecified atom stereocenters. The van der Waals surface area contributed by atoms with Crippen LogP contribution in [0.5, 0.6) is 5.75 Å². The van der Waals surface area contributed by atoms with Crippen LogP contribution in [0.25, 0.3) is 0 Å². The zero-order chi connectivity index (χ0) is 18.0. The molecule has 0 N–H and O–H groups in total. The summed E-state index contributed by atoms with van der Waals surface area (Å²) in [5, 5.41) is 0. The molecule has 0 bridgehead atoms. The number of alkyl halides is 2. The number of ether oxygens (including phenoxy) is 1. The van der Waals surface area contributed by atoms with Crippen LogP contribution in [0.15, 0.2) is 12.1 Å². The fraction of sp³-hybridized carbons (Fsp3) is 0.727. The van der Waals surface area contributed by atoms with Gasteiger partial charge in [0.25, 0.3) is 0 Å². The highest BCUT2D eigenvalue weighted by Gasteiger charge is 2.31. The quantitative estimate of drug-likeness (QED) is 0.466. The highest BCUT2D eigenvalue weighted by atomic mass is 19.3. The monoisotopic (exact) mass is 394 g/mol. The summed E-state index contributed by atoms with van der Waals surface area (Å²) in [6, 6.07) is 2.32. The SMILES string of the molecule is C.C.CC1CCC(C2CCC(c3cc(F)c(OC(F)F)c(F)c3)CC2)CC1.[HH].[HH]. The Morgan fingerprint density at radius 2 is 1.30 bits per heavy atom. The molecule has 0 amide bonds. The molecule has 27 heavy (non-hydrogen) atoms. The third-order valence-corrected chi connectivity index (χ3v) is 6.20. The first-order valence-corrected chi connectivity index (χ1v) is 9.37. The van der Waals surface area contributed by atoms with E-state index in [0.29, 0.717) is 5.56 Å². The highest BCUT2D eigenvalue weighted by Crippen LogP contribution is 2.44. The predicted molar refractivity (Wildman–Crippen MR) is 107 cm³/mol. The van der Waals surface area contributed by atoms with Crippen LogP contribution in [0, 0.1) is 29.4 Å². The van der Waals surface area contributed by atoms with E-state index in [1.807, 2.05) is 0 Å². The molecule has 1 aromatic rings. The maximum atomic E-state index is 13.9. The molecule has 0 aromatic heterocycles. The van der Waals surface area contributed by atoms with Crippen molar-refractivity contribution in [2.75, 3.05) is 0 Å². The van der Waals surface area contributed by atoms with Gasteiger partial charge >= 0.3 is 6.61 Å². The molecule has 2 aliphatic carbocycles. The fourth-order valence-electron chi connectivity index (χ4n) is 4.70. The molecule has 2 fully saturated rings. The van der Waals surface area contributed by atoms with Crippen LogP contribution < -0.4 is 4.74 Å². The summed E-state index contributed by atoms with van der Waals surface area (Å²) in [6.07, 6.45) is 9.22. The van der Waals surface area contributed by atoms with Gasteiger partial charge < -0.3 is 4.74 Å². The first-order valence-electron chi connectivity index (χ1n) is 9.37. The van der Waals surface area contributed by atoms with E-state index in [4.69, 9.17) is 0 Å². The second-order valence-electron chi connectivity index (χ2n) is 7.82. The zero-order valence-corrected chi connectivity index (χ0v) is 14.6. The molecule has 1 aromatic carbocycles. The molecule has 0 heterocycles. The molecule has 160 valence electrons. The summed E-state index contributed by atoms with van der Waals surface area (Å²) in [5.74, 6) is -0.607. The van der Waals surface area contributed by atoms with Crippen LogP contribution in [-0.2, 0) is 0 Å². The Morgan fingerprint density at radius 3 is 1.74 bits per heavy atom. The molecule has 0 radical (unpaired) electrons. The number of hydrogen-bond acceptors (Lipinski definition) is 1. The molecule has 2 aliphatic rings. The van der Waals surface area contributed by atoms with Crippen LogP contribution >= 0.6 is 0 Å². The van der Waals surface area contributed by atoms with Gasteiger partial charge in [-0.05, 0) is 79.9 Å². The van der Waals surface area contributed by atoms with Gasteiger partial charge in [-0.2, -0.15) is 8.78 Å². The predicted octanol–water partition coefficient (Wildman–Crippen LogP) is 8.43. The third-order valence-electron chi connectivity index (χ3n) is 6.20. The minimum atomic E-state index is -3.23. The lowest BCUT2D eigenvalue weighted by Gasteiger charge is -2.37. The maximum absolute atomic E-state index is 13.9. The average molecular weight is 395 g/mol. The van der Waals surface area contributed by atoms with Crippen molar-refractivity contribution in [2.24, 2.45) is 17.8 Å². The lowest BCUT2D eigenvalue weighted by Crippen LogP contribution is -2.24. The van der Waals surface area contributed by atoms with Crippen LogP contribution in [-0.4, -0.2) is 6.61 Å². The summed E-state index contributed by atoms with van der Waals surface area (Å²) < 4.78 is 56.3. The van der Waals surface area contributed by atoms with Gasteiger partial charge in [-0.25, -0.2) is 8.78 Å². The van der Waals surface area contributed by atoms with Crippen molar-refractivity contribution in [3.05, 3.63) is 29.3 Å². The fourth-order valence-corrected chi connectivity index (χ4v) is 4.70. The van der Waals surface area contributed by atoms with E-state index in [-0.39, 0.29) is 23.6 Å². The average Bonchev–Trinajstić information content (AvgIpc) is 2.59. The van der Waals surface area contributed by atoms with Crippen LogP contribution in [0.1, 0.15) is 87.5 Å². The summed E-state index contributed by atoms with van der Waals surface area (Å²) in [6.45, 7) is -0.916. The van der Waals surface area contributed by atoms with E-state index in [0.717, 1.165) is 55.6 Å². The van der Waals surface area contributed by atoms with E-state index < -0.39 is 24.0 Å². The first kappa shape index (κ1) is 23.8. The first-order chi connectivity index (χ1) is 11.9. The van der Waals surface area contributed by atoms with Gasteiger partial charge in [0.05, 0.1) is 0 Å². The van der Waals surface area contributed by atoms with Crippen molar-refractivity contribution >= 4 is 0 Å². The number of hydrogen-bond donors (Lipinski definition) is 0. The van der Waals surface area contributed by atoms with Gasteiger partial charge in [0.2, 0.25) is 0 Å². The Morgan fingerprint density at radius 1 is 0.852 bits per heavy atom. The Labute approximate surface area is 164 Å². The maximum Gasteiger partial charge on any atom is 0.387 e. The minimum absolute atomic E-state index is 0. The highest BCUT2D eigenvalue weighted by molar-refractivity contribution is 5.33. The summed E-state index contributed by atoms with van der Waals surface area (Å²) >= 11 is 0. The lowest BCUT2D eigenvalue weighted by atomic mass is 9.68. The Hall–Kier alpha value is -1.26. The summed E-state index contributed by atoms with van der Waals surface area (Å²) in [7, 11) is 0. The van der Waals surface area contributed by atoms with Crippen LogP contribution in [0.3, 0.4) is 0 Å². The molecule has 0 aliphatic heterocycles. The van der Waals surface area contributed by atoms with Crippen molar-refractivity contribution in [3.8, 4) is 5.75 Å². The number of rotatable bonds is 4. The van der Waals surface area contributed by atoms with Crippen molar-refractivity contribution in [2.45, 2.75) is 85.7 Å². The normalized spacial score (nSPS) is 28.2. The molecular formula is C22H38F4O. The molecule has 2 saturated carbocycles. The van der Waals surface area contributed by atoms with E-state index in [2.05, 4.69) is 11.7 Å². The third kappa shape index (κ3) is 5.86. The van der Waals surface area contributed by atoms with Gasteiger partial charge in [0.1, 0.15) is 0 Å². The molecule has 5 heteroatoms. The second kappa shape index (κ2) is 10.3. The topological polar surface area (TPSA) is 9.23 Å². The van der Waals surface area contributed by atoms with Crippen molar-refractivity contribution < 1.29 is 25.2 Å². The Kier molecular flexibility index (Phi) is 9.10. The molecule has 0 saturated heterocycles. The van der Waals surface area contributed by atoms with Gasteiger partial charge in [-0.1, -0.05) is 34.6 Å². The van der Waals surface area contributed by atoms with Crippen molar-refractivity contribution in [1.82, 2.24) is 0 Å². The second-order valence-corrected chi connectivity index (χ2v) is 7.82. The smallest absolute Gasteiger partial charge is 0.387 e. The molecule has 1 nitrogen and oxygen atoms in total. The summed E-state index contributed by atoms with van der Waals surface area (Å²) in [5.41, 5.74) is 0.562. The summed E-state index contributed by atoms with van der Waals surface area (Å²) in [4.78, 5) is 0. The van der Waals surface area contributed by atoms with Crippen molar-refractivity contribution in [1.29, 1.82) is 0 Å². The molecule has 3 rings (SSSR count). The van der Waals surface area contributed by atoms with Gasteiger partial charge in [0, 0.05) is 2.85 Å². The van der Waals surface area contributed by atoms with Gasteiger partial charge in [-0.3, -0.25) is 0 Å². The van der Waals surface area contributed by atoms with E-state index in [1.54, 1.807) is 0 Å². The number of halogens is 4. The van der Waals surface area contributed by atoms with Crippen LogP contribution in [0.4, 0.5) is 17.6 Å². The van der Waals surface area contributed by atoms with Gasteiger partial charge in [-0.15, -0.1) is 0 Å². The van der Waals surface area contributed by atoms with Crippen LogP contribution in [0.2, 0.25) is 0 Å².